The summed E-state index contributed by atoms with van der Waals surface area (Å²) in [6.07, 6.45) is -0.149. The summed E-state index contributed by atoms with van der Waals surface area (Å²) >= 11 is 0. The van der Waals surface area contributed by atoms with E-state index in [-0.39, 0.29) is 12.2 Å². The quantitative estimate of drug-likeness (QED) is 0.571. The van der Waals surface area contributed by atoms with Crippen molar-refractivity contribution < 1.29 is 9.59 Å². The van der Waals surface area contributed by atoms with Gasteiger partial charge in [0.25, 0.3) is 0 Å². The zero-order valence-corrected chi connectivity index (χ0v) is 6.60. The molecule has 0 rings (SSSR count). The fourth-order valence-electron chi connectivity index (χ4n) is 0.423. The number of Topliss-reactive ketones (excluding diaryl/α,β-unsaturated/α-hetero) is 1. The molecule has 3 heteroatoms. The fourth-order valence-corrected chi connectivity index (χ4v) is 0.423. The maximum Gasteiger partial charge on any atom is 0.224 e. The van der Waals surface area contributed by atoms with Gasteiger partial charge in [-0.25, -0.2) is 0 Å². The van der Waals surface area contributed by atoms with Crippen LogP contribution >= 0.6 is 0 Å². The predicted octanol–water partition coefficient (Wildman–Crippen LogP) is 0.477. The summed E-state index contributed by atoms with van der Waals surface area (Å²) in [5.74, 6) is -0.667. The molecule has 0 aromatic heterocycles. The van der Waals surface area contributed by atoms with Gasteiger partial charge in [0.15, 0.2) is 0 Å². The highest BCUT2D eigenvalue weighted by molar-refractivity contribution is 5.99. The lowest BCUT2D eigenvalue weighted by molar-refractivity contribution is -0.131. The van der Waals surface area contributed by atoms with Crippen molar-refractivity contribution in [2.45, 2.75) is 27.2 Å². The van der Waals surface area contributed by atoms with E-state index < -0.39 is 11.3 Å². The number of hydrogen-bond acceptors (Lipinski definition) is 2. The van der Waals surface area contributed by atoms with E-state index in [2.05, 4.69) is 0 Å². The van der Waals surface area contributed by atoms with E-state index in [1.807, 2.05) is 0 Å². The standard InChI is InChI=1S/C7H13NO2/c1-7(2,3)5(9)4-6(8)10/h4H2,1-3H3,(H2,8,10). The van der Waals surface area contributed by atoms with Crippen molar-refractivity contribution in [3.8, 4) is 0 Å². The van der Waals surface area contributed by atoms with Crippen LogP contribution in [-0.4, -0.2) is 11.7 Å². The van der Waals surface area contributed by atoms with Crippen LogP contribution in [0.3, 0.4) is 0 Å². The maximum absolute atomic E-state index is 11.0. The molecule has 0 aromatic carbocycles. The van der Waals surface area contributed by atoms with Crippen LogP contribution in [0.25, 0.3) is 0 Å². The molecule has 0 bridgehead atoms. The number of carbonyl (C=O) groups is 2. The summed E-state index contributed by atoms with van der Waals surface area (Å²) in [6, 6.07) is 0. The van der Waals surface area contributed by atoms with Crippen LogP contribution in [-0.2, 0) is 9.59 Å². The molecule has 0 fully saturated rings. The first-order valence-electron chi connectivity index (χ1n) is 3.15. The molecule has 0 heterocycles. The summed E-state index contributed by atoms with van der Waals surface area (Å²) in [4.78, 5) is 21.2. The topological polar surface area (TPSA) is 60.2 Å². The van der Waals surface area contributed by atoms with Crippen molar-refractivity contribution in [1.29, 1.82) is 0 Å². The van der Waals surface area contributed by atoms with Crippen LogP contribution in [0.1, 0.15) is 27.2 Å². The van der Waals surface area contributed by atoms with Gasteiger partial charge in [0, 0.05) is 5.41 Å². The van der Waals surface area contributed by atoms with Gasteiger partial charge in [-0.2, -0.15) is 0 Å². The highest BCUT2D eigenvalue weighted by Gasteiger charge is 2.22. The second-order valence-electron chi connectivity index (χ2n) is 3.32. The first kappa shape index (κ1) is 9.14. The van der Waals surface area contributed by atoms with Gasteiger partial charge in [-0.1, -0.05) is 20.8 Å². The second-order valence-corrected chi connectivity index (χ2v) is 3.32. The lowest BCUT2D eigenvalue weighted by Gasteiger charge is -2.14. The molecule has 3 nitrogen and oxygen atoms in total. The number of amides is 1. The summed E-state index contributed by atoms with van der Waals surface area (Å²) in [7, 11) is 0. The predicted molar refractivity (Wildman–Crippen MR) is 38.3 cm³/mol. The van der Waals surface area contributed by atoms with Crippen LogP contribution in [0.5, 0.6) is 0 Å². The molecular formula is C7H13NO2. The molecule has 2 N–H and O–H groups in total. The largest absolute Gasteiger partial charge is 0.369 e. The summed E-state index contributed by atoms with van der Waals surface area (Å²) in [5, 5.41) is 0. The van der Waals surface area contributed by atoms with Gasteiger partial charge in [0.05, 0.1) is 6.42 Å². The van der Waals surface area contributed by atoms with E-state index in [0.29, 0.717) is 0 Å². The molecule has 0 aromatic rings. The van der Waals surface area contributed by atoms with Gasteiger partial charge < -0.3 is 5.73 Å². The van der Waals surface area contributed by atoms with Gasteiger partial charge in [-0.05, 0) is 0 Å². The Labute approximate surface area is 60.6 Å². The van der Waals surface area contributed by atoms with Crippen LogP contribution in [0.4, 0.5) is 0 Å². The molecule has 0 unspecified atom stereocenters. The molecule has 0 radical (unpaired) electrons. The minimum absolute atomic E-state index is 0.111. The molecule has 1 amide bonds. The van der Waals surface area contributed by atoms with Gasteiger partial charge in [0.2, 0.25) is 5.91 Å². The molecule has 58 valence electrons. The highest BCUT2D eigenvalue weighted by atomic mass is 16.2. The van der Waals surface area contributed by atoms with Crippen molar-refractivity contribution in [2.75, 3.05) is 0 Å². The Kier molecular flexibility index (Phi) is 2.57. The minimum Gasteiger partial charge on any atom is -0.369 e. The van der Waals surface area contributed by atoms with Crippen molar-refractivity contribution in [3.63, 3.8) is 0 Å². The number of nitrogens with two attached hydrogens (primary N) is 1. The first-order chi connectivity index (χ1) is 4.34. The number of rotatable bonds is 2. The maximum atomic E-state index is 11.0. The fraction of sp³-hybridized carbons (Fsp3) is 0.714. The van der Waals surface area contributed by atoms with Gasteiger partial charge in [-0.3, -0.25) is 9.59 Å². The zero-order valence-electron chi connectivity index (χ0n) is 6.60. The molecule has 0 aliphatic rings. The zero-order chi connectivity index (χ0) is 8.36. The van der Waals surface area contributed by atoms with E-state index in [1.165, 1.54) is 0 Å². The third-order valence-corrected chi connectivity index (χ3v) is 1.17. The monoisotopic (exact) mass is 143 g/mol. The van der Waals surface area contributed by atoms with Crippen molar-refractivity contribution in [1.82, 2.24) is 0 Å². The molecule has 0 saturated carbocycles. The molecule has 0 spiro atoms. The van der Waals surface area contributed by atoms with Gasteiger partial charge in [-0.15, -0.1) is 0 Å². The SMILES string of the molecule is CC(C)(C)C(=O)CC(N)=O. The Morgan fingerprint density at radius 2 is 1.70 bits per heavy atom. The van der Waals surface area contributed by atoms with Gasteiger partial charge >= 0.3 is 0 Å². The Balaban J connectivity index is 3.99. The number of primary amides is 1. The van der Waals surface area contributed by atoms with E-state index in [9.17, 15) is 9.59 Å². The average Bonchev–Trinajstić information content (AvgIpc) is 1.60. The van der Waals surface area contributed by atoms with E-state index in [1.54, 1.807) is 20.8 Å². The summed E-state index contributed by atoms with van der Waals surface area (Å²) in [5.41, 5.74) is 4.38. The Hall–Kier alpha value is -0.860. The smallest absolute Gasteiger partial charge is 0.224 e. The first-order valence-corrected chi connectivity index (χ1v) is 3.15. The molecule has 0 saturated heterocycles. The Morgan fingerprint density at radius 3 is 1.80 bits per heavy atom. The van der Waals surface area contributed by atoms with Crippen LogP contribution in [0, 0.1) is 5.41 Å². The molecule has 10 heavy (non-hydrogen) atoms. The third kappa shape index (κ3) is 3.22. The van der Waals surface area contributed by atoms with E-state index in [4.69, 9.17) is 5.73 Å². The van der Waals surface area contributed by atoms with Crippen LogP contribution < -0.4 is 5.73 Å². The molecule has 0 aliphatic carbocycles. The van der Waals surface area contributed by atoms with E-state index >= 15 is 0 Å². The molecule has 0 aliphatic heterocycles. The minimum atomic E-state index is -0.556. The second kappa shape index (κ2) is 2.82. The van der Waals surface area contributed by atoms with Crippen molar-refractivity contribution >= 4 is 11.7 Å². The normalized spacial score (nSPS) is 11.1. The molecule has 0 atom stereocenters. The highest BCUT2D eigenvalue weighted by Crippen LogP contribution is 2.15. The number of carbonyl (C=O) groups excluding carboxylic acids is 2. The molecular weight excluding hydrogens is 130 g/mol. The number of hydrogen-bond donors (Lipinski definition) is 1. The Bertz CT molecular complexity index is 155. The van der Waals surface area contributed by atoms with Crippen molar-refractivity contribution in [2.24, 2.45) is 11.1 Å². The Morgan fingerprint density at radius 1 is 1.30 bits per heavy atom. The summed E-state index contributed by atoms with van der Waals surface area (Å²) < 4.78 is 0. The third-order valence-electron chi connectivity index (χ3n) is 1.17. The number of ketones is 1. The van der Waals surface area contributed by atoms with Crippen LogP contribution in [0.15, 0.2) is 0 Å². The summed E-state index contributed by atoms with van der Waals surface area (Å²) in [6.45, 7) is 5.29. The van der Waals surface area contributed by atoms with Gasteiger partial charge in [0.1, 0.15) is 5.78 Å². The lowest BCUT2D eigenvalue weighted by Crippen LogP contribution is -2.26. The average molecular weight is 143 g/mol. The van der Waals surface area contributed by atoms with E-state index in [0.717, 1.165) is 0 Å². The lowest BCUT2D eigenvalue weighted by atomic mass is 9.89. The van der Waals surface area contributed by atoms with Crippen LogP contribution in [0.2, 0.25) is 0 Å². The van der Waals surface area contributed by atoms with Crippen molar-refractivity contribution in [3.05, 3.63) is 0 Å².